The maximum absolute atomic E-state index is 11.8. The lowest BCUT2D eigenvalue weighted by Crippen LogP contribution is -2.27. The van der Waals surface area contributed by atoms with Crippen LogP contribution in [0.3, 0.4) is 0 Å². The van der Waals surface area contributed by atoms with E-state index in [-0.39, 0.29) is 24.1 Å². The normalized spacial score (nSPS) is 14.4. The molecule has 0 spiro atoms. The Hall–Kier alpha value is -0.963. The summed E-state index contributed by atoms with van der Waals surface area (Å²) in [5.74, 6) is 0.0909. The quantitative estimate of drug-likeness (QED) is 0.0344. The molecule has 2 rings (SSSR count). The Bertz CT molecular complexity index is 862. The molecule has 0 aromatic carbocycles. The van der Waals surface area contributed by atoms with Crippen molar-refractivity contribution in [2.45, 2.75) is 310 Å². The molecule has 0 unspecified atom stereocenters. The third kappa shape index (κ3) is 45.4. The average Bonchev–Trinajstić information content (AvgIpc) is 3.78. The zero-order chi connectivity index (χ0) is 44.5. The first kappa shape index (κ1) is 60.0. The van der Waals surface area contributed by atoms with Crippen LogP contribution in [0.15, 0.2) is 0 Å². The average molecular weight is 884 g/mol. The summed E-state index contributed by atoms with van der Waals surface area (Å²) in [7, 11) is -1.73. The fourth-order valence-corrected chi connectivity index (χ4v) is 9.62. The third-order valence-electron chi connectivity index (χ3n) is 12.3. The van der Waals surface area contributed by atoms with Gasteiger partial charge in [0.1, 0.15) is 12.2 Å². The van der Waals surface area contributed by atoms with E-state index in [0.29, 0.717) is 32.7 Å². The maximum atomic E-state index is 11.8. The van der Waals surface area contributed by atoms with Crippen molar-refractivity contribution in [2.24, 2.45) is 0 Å². The van der Waals surface area contributed by atoms with Gasteiger partial charge in [0.05, 0.1) is 0 Å². The highest BCUT2D eigenvalue weighted by Gasteiger charge is 2.19. The molecule has 364 valence electrons. The molecule has 7 nitrogen and oxygen atoms in total. The summed E-state index contributed by atoms with van der Waals surface area (Å²) < 4.78 is 26.7. The van der Waals surface area contributed by atoms with Gasteiger partial charge in [-0.05, 0) is 85.0 Å². The summed E-state index contributed by atoms with van der Waals surface area (Å²) in [5, 5.41) is 0. The van der Waals surface area contributed by atoms with Crippen LogP contribution in [0.5, 0.6) is 0 Å². The van der Waals surface area contributed by atoms with E-state index in [0.717, 1.165) is 38.5 Å². The van der Waals surface area contributed by atoms with Gasteiger partial charge >= 0.3 is 21.5 Å². The van der Waals surface area contributed by atoms with Gasteiger partial charge in [-0.15, -0.1) is 0 Å². The number of ether oxygens (including phenoxy) is 2. The van der Waals surface area contributed by atoms with E-state index in [4.69, 9.17) is 22.8 Å². The summed E-state index contributed by atoms with van der Waals surface area (Å²) in [6.07, 6.45) is 53.2. The first-order chi connectivity index (χ1) is 30.0. The predicted molar refractivity (Wildman–Crippen MR) is 262 cm³/mol. The number of hydrogen-bond acceptors (Lipinski definition) is 7. The van der Waals surface area contributed by atoms with Gasteiger partial charge in [0, 0.05) is 32.7 Å². The lowest BCUT2D eigenvalue weighted by molar-refractivity contribution is -0.151. The Kier molecular flexibility index (Phi) is 49.3. The van der Waals surface area contributed by atoms with Gasteiger partial charge in [0.25, 0.3) is 0 Å². The van der Waals surface area contributed by atoms with Crippen LogP contribution >= 0.6 is 0 Å². The summed E-state index contributed by atoms with van der Waals surface area (Å²) in [6.45, 7) is 12.4. The highest BCUT2D eigenvalue weighted by molar-refractivity contribution is 6.36. The molecule has 2 saturated carbocycles. The first-order valence-corrected chi connectivity index (χ1v) is 28.7. The fraction of sp³-hybridized carbons (Fsp3) is 0.962. The van der Waals surface area contributed by atoms with Crippen LogP contribution in [0.1, 0.15) is 298 Å². The van der Waals surface area contributed by atoms with E-state index < -0.39 is 9.53 Å². The molecular weight excluding hydrogens is 777 g/mol. The van der Waals surface area contributed by atoms with Gasteiger partial charge in [-0.25, -0.2) is 0 Å². The highest BCUT2D eigenvalue weighted by atomic mass is 28.3. The van der Waals surface area contributed by atoms with Crippen molar-refractivity contribution >= 4 is 21.5 Å². The van der Waals surface area contributed by atoms with Crippen LogP contribution in [0.4, 0.5) is 0 Å². The van der Waals surface area contributed by atoms with Gasteiger partial charge in [0.15, 0.2) is 0 Å². The van der Waals surface area contributed by atoms with Crippen LogP contribution in [0.2, 0.25) is 0 Å². The van der Waals surface area contributed by atoms with Gasteiger partial charge in [0.2, 0.25) is 0 Å². The Balaban J connectivity index is 0.000000968. The smallest absolute Gasteiger partial charge is 0.462 e. The van der Waals surface area contributed by atoms with Crippen molar-refractivity contribution in [1.82, 2.24) is 0 Å². The van der Waals surface area contributed by atoms with Crippen molar-refractivity contribution in [1.29, 1.82) is 0 Å². The molecule has 8 heteroatoms. The van der Waals surface area contributed by atoms with Gasteiger partial charge < -0.3 is 22.8 Å². The fourth-order valence-electron chi connectivity index (χ4n) is 8.51. The van der Waals surface area contributed by atoms with Gasteiger partial charge in [-0.2, -0.15) is 0 Å². The number of unbranched alkanes of at least 4 members (excludes halogenated alkanes) is 28. The first-order valence-electron chi connectivity index (χ1n) is 27.2. The molecule has 0 N–H and O–H groups in total. The Morgan fingerprint density at radius 3 is 0.820 bits per heavy atom. The van der Waals surface area contributed by atoms with Crippen LogP contribution in [-0.4, -0.2) is 53.5 Å². The molecule has 0 atom stereocenters. The number of carbonyl (C=O) groups excluding carboxylic acids is 2. The van der Waals surface area contributed by atoms with Crippen LogP contribution in [0.25, 0.3) is 0 Å². The zero-order valence-electron chi connectivity index (χ0n) is 41.7. The van der Waals surface area contributed by atoms with E-state index in [1.165, 1.54) is 212 Å². The second-order valence-corrected chi connectivity index (χ2v) is 19.8. The number of rotatable bonds is 40. The molecule has 2 aliphatic rings. The monoisotopic (exact) mass is 883 g/mol. The zero-order valence-corrected chi connectivity index (χ0v) is 42.9. The molecule has 2 aliphatic carbocycles. The predicted octanol–water partition coefficient (Wildman–Crippen LogP) is 16.7. The topological polar surface area (TPSA) is 80.3 Å². The van der Waals surface area contributed by atoms with E-state index in [9.17, 15) is 9.59 Å². The molecule has 2 fully saturated rings. The van der Waals surface area contributed by atoms with E-state index in [1.54, 1.807) is 0 Å². The lowest BCUT2D eigenvalue weighted by Gasteiger charge is -2.21. The van der Waals surface area contributed by atoms with Crippen molar-refractivity contribution in [3.8, 4) is 0 Å². The molecule has 0 radical (unpaired) electrons. The molecule has 0 bridgehead atoms. The van der Waals surface area contributed by atoms with E-state index in [2.05, 4.69) is 13.8 Å². The largest absolute Gasteiger partial charge is 0.484 e. The number of hydrogen-bond donors (Lipinski definition) is 0. The van der Waals surface area contributed by atoms with Crippen molar-refractivity contribution in [3.63, 3.8) is 0 Å². The molecule has 0 saturated heterocycles. The Labute approximate surface area is 382 Å². The summed E-state index contributed by atoms with van der Waals surface area (Å²) >= 11 is 0. The maximum Gasteiger partial charge on any atom is 0.484 e. The SMILES string of the molecule is CCCCCCCCCCCCCCCCCC(=O)OC1CCCC1.CCCCCCCCCCCCCCCCCC(=O)OC1CCCCC1.CCO[SiH](OCC)OCC. The molecule has 0 heterocycles. The second kappa shape index (κ2) is 50.0. The molecule has 61 heavy (non-hydrogen) atoms. The highest BCUT2D eigenvalue weighted by Crippen LogP contribution is 2.23. The minimum atomic E-state index is -1.73. The van der Waals surface area contributed by atoms with Crippen molar-refractivity contribution < 1.29 is 32.3 Å². The summed E-state index contributed by atoms with van der Waals surface area (Å²) in [5.41, 5.74) is 0. The Morgan fingerprint density at radius 1 is 0.344 bits per heavy atom. The van der Waals surface area contributed by atoms with E-state index in [1.807, 2.05) is 20.8 Å². The van der Waals surface area contributed by atoms with Gasteiger partial charge in [-0.3, -0.25) is 9.59 Å². The minimum absolute atomic E-state index is 0.0431. The van der Waals surface area contributed by atoms with Gasteiger partial charge in [-0.1, -0.05) is 200 Å². The molecular formula is C53H106O7Si. The van der Waals surface area contributed by atoms with E-state index >= 15 is 0 Å². The number of esters is 2. The van der Waals surface area contributed by atoms with Crippen LogP contribution in [0, 0.1) is 0 Å². The molecule has 0 amide bonds. The number of carbonyl (C=O) groups is 2. The van der Waals surface area contributed by atoms with Crippen LogP contribution in [-0.2, 0) is 32.3 Å². The summed E-state index contributed by atoms with van der Waals surface area (Å²) in [6, 6.07) is 0. The second-order valence-electron chi connectivity index (χ2n) is 18.2. The minimum Gasteiger partial charge on any atom is -0.462 e. The Morgan fingerprint density at radius 2 is 0.574 bits per heavy atom. The van der Waals surface area contributed by atoms with Crippen molar-refractivity contribution in [3.05, 3.63) is 0 Å². The van der Waals surface area contributed by atoms with Crippen LogP contribution < -0.4 is 0 Å². The molecule has 0 aromatic heterocycles. The lowest BCUT2D eigenvalue weighted by atomic mass is 9.98. The third-order valence-corrected chi connectivity index (χ3v) is 14.1. The standard InChI is InChI=1S/C24H46O2.C23H44O2.C6H16O3Si/c1-2-3-4-5-6-7-8-9-10-11-12-13-14-15-19-22-24(25)26-23-20-17-16-18-21-23;1-2-3-4-5-6-7-8-9-10-11-12-13-14-15-16-21-23(24)25-22-19-17-18-20-22;1-4-7-10(8-5-2)9-6-3/h23H,2-22H2,1H3;22H,2-21H2,1H3;10H,4-6H2,1-3H3. The van der Waals surface area contributed by atoms with Crippen molar-refractivity contribution in [2.75, 3.05) is 19.8 Å². The molecule has 0 aliphatic heterocycles. The molecule has 0 aromatic rings. The summed E-state index contributed by atoms with van der Waals surface area (Å²) in [4.78, 5) is 23.5.